The third-order valence-electron chi connectivity index (χ3n) is 5.22. The highest BCUT2D eigenvalue weighted by atomic mass is 32.1. The van der Waals surface area contributed by atoms with Crippen molar-refractivity contribution in [1.82, 2.24) is 14.9 Å². The van der Waals surface area contributed by atoms with Crippen LogP contribution in [0.25, 0.3) is 10.2 Å². The molecule has 1 saturated heterocycles. The lowest BCUT2D eigenvalue weighted by Crippen LogP contribution is -2.45. The normalized spacial score (nSPS) is 19.4. The lowest BCUT2D eigenvalue weighted by atomic mass is 9.92. The van der Waals surface area contributed by atoms with E-state index in [1.165, 1.54) is 11.3 Å². The molecule has 25 heavy (non-hydrogen) atoms. The monoisotopic (exact) mass is 362 g/mol. The Hall–Kier alpha value is -1.73. The first-order valence-corrected chi connectivity index (χ1v) is 9.70. The van der Waals surface area contributed by atoms with Crippen LogP contribution in [0.5, 0.6) is 0 Å². The molecule has 0 saturated carbocycles. The number of amides is 1. The van der Waals surface area contributed by atoms with E-state index in [0.29, 0.717) is 30.0 Å². The number of rotatable bonds is 4. The Morgan fingerprint density at radius 1 is 1.48 bits per heavy atom. The number of fused-ring (bicyclic) bond motifs is 1. The number of likely N-dealkylation sites (tertiary alicyclic amines) is 1. The maximum absolute atomic E-state index is 12.5. The van der Waals surface area contributed by atoms with Crippen molar-refractivity contribution in [2.24, 2.45) is 11.7 Å². The van der Waals surface area contributed by atoms with E-state index >= 15 is 0 Å². The van der Waals surface area contributed by atoms with Crippen LogP contribution < -0.4 is 11.3 Å². The molecule has 2 aromatic heterocycles. The minimum atomic E-state index is -0.107. The third-order valence-corrected chi connectivity index (χ3v) is 6.32. The zero-order valence-electron chi connectivity index (χ0n) is 15.1. The Bertz CT molecular complexity index is 839. The summed E-state index contributed by atoms with van der Waals surface area (Å²) < 4.78 is 0. The first-order chi connectivity index (χ1) is 11.9. The van der Waals surface area contributed by atoms with Gasteiger partial charge in [-0.05, 0) is 45.1 Å². The van der Waals surface area contributed by atoms with Gasteiger partial charge in [-0.1, -0.05) is 0 Å². The summed E-state index contributed by atoms with van der Waals surface area (Å²) in [6.07, 6.45) is 2.92. The van der Waals surface area contributed by atoms with Crippen LogP contribution in [0.2, 0.25) is 0 Å². The number of aryl methyl sites for hydroxylation is 3. The Kier molecular flexibility index (Phi) is 5.24. The molecule has 1 aliphatic heterocycles. The summed E-state index contributed by atoms with van der Waals surface area (Å²) in [5, 5.41) is 0.674. The van der Waals surface area contributed by atoms with E-state index in [1.807, 2.05) is 25.7 Å². The number of carbonyl (C=O) groups is 1. The van der Waals surface area contributed by atoms with E-state index < -0.39 is 0 Å². The van der Waals surface area contributed by atoms with E-state index in [1.54, 1.807) is 0 Å². The van der Waals surface area contributed by atoms with Gasteiger partial charge in [-0.3, -0.25) is 9.59 Å². The number of aromatic amines is 1. The highest BCUT2D eigenvalue weighted by molar-refractivity contribution is 7.18. The van der Waals surface area contributed by atoms with Crippen LogP contribution in [-0.2, 0) is 11.2 Å². The number of piperidine rings is 1. The van der Waals surface area contributed by atoms with Crippen LogP contribution in [-0.4, -0.2) is 39.9 Å². The highest BCUT2D eigenvalue weighted by Crippen LogP contribution is 2.26. The second-order valence-electron chi connectivity index (χ2n) is 7.08. The van der Waals surface area contributed by atoms with Crippen molar-refractivity contribution in [2.75, 3.05) is 13.1 Å². The predicted molar refractivity (Wildman–Crippen MR) is 101 cm³/mol. The van der Waals surface area contributed by atoms with Gasteiger partial charge < -0.3 is 15.6 Å². The van der Waals surface area contributed by atoms with E-state index in [4.69, 9.17) is 5.73 Å². The molecule has 1 fully saturated rings. The zero-order valence-corrected chi connectivity index (χ0v) is 15.9. The Balaban J connectivity index is 1.68. The fraction of sp³-hybridized carbons (Fsp3) is 0.611. The summed E-state index contributed by atoms with van der Waals surface area (Å²) in [6, 6.07) is 0.112. The SMILES string of the molecule is Cc1sc2nc(CCC(=O)N3CCCC(C(C)N)C3)[nH]c(=O)c2c1C. The van der Waals surface area contributed by atoms with Crippen LogP contribution in [0.1, 0.15) is 42.5 Å². The van der Waals surface area contributed by atoms with Gasteiger partial charge in [0.05, 0.1) is 5.39 Å². The average Bonchev–Trinajstić information content (AvgIpc) is 2.87. The van der Waals surface area contributed by atoms with Crippen molar-refractivity contribution >= 4 is 27.5 Å². The second kappa shape index (κ2) is 7.25. The van der Waals surface area contributed by atoms with Crippen LogP contribution >= 0.6 is 11.3 Å². The van der Waals surface area contributed by atoms with Crippen molar-refractivity contribution in [3.8, 4) is 0 Å². The largest absolute Gasteiger partial charge is 0.342 e. The van der Waals surface area contributed by atoms with Crippen molar-refractivity contribution in [1.29, 1.82) is 0 Å². The molecule has 136 valence electrons. The molecule has 0 spiro atoms. The lowest BCUT2D eigenvalue weighted by molar-refractivity contribution is -0.133. The summed E-state index contributed by atoms with van der Waals surface area (Å²) in [7, 11) is 0. The summed E-state index contributed by atoms with van der Waals surface area (Å²) in [4.78, 5) is 36.0. The summed E-state index contributed by atoms with van der Waals surface area (Å²) in [6.45, 7) is 7.49. The van der Waals surface area contributed by atoms with Crippen molar-refractivity contribution in [2.45, 2.75) is 52.5 Å². The number of carbonyl (C=O) groups excluding carboxylic acids is 1. The molecule has 6 nitrogen and oxygen atoms in total. The molecule has 7 heteroatoms. The maximum atomic E-state index is 12.5. The molecule has 3 heterocycles. The number of nitrogens with two attached hydrogens (primary N) is 1. The van der Waals surface area contributed by atoms with E-state index in [-0.39, 0.29) is 17.5 Å². The van der Waals surface area contributed by atoms with Gasteiger partial charge in [-0.2, -0.15) is 0 Å². The van der Waals surface area contributed by atoms with Crippen LogP contribution in [0.15, 0.2) is 4.79 Å². The number of hydrogen-bond donors (Lipinski definition) is 2. The number of thiophene rings is 1. The smallest absolute Gasteiger partial charge is 0.259 e. The molecule has 3 N–H and O–H groups in total. The Morgan fingerprint density at radius 3 is 2.96 bits per heavy atom. The Morgan fingerprint density at radius 2 is 2.24 bits per heavy atom. The van der Waals surface area contributed by atoms with Crippen LogP contribution in [0, 0.1) is 19.8 Å². The molecule has 2 unspecified atom stereocenters. The predicted octanol–water partition coefficient (Wildman–Crippen LogP) is 2.12. The molecular formula is C18H26N4O2S. The third kappa shape index (κ3) is 3.77. The van der Waals surface area contributed by atoms with Gasteiger partial charge in [0, 0.05) is 36.9 Å². The minimum absolute atomic E-state index is 0.107. The van der Waals surface area contributed by atoms with Crippen LogP contribution in [0.4, 0.5) is 0 Å². The topological polar surface area (TPSA) is 92.1 Å². The first-order valence-electron chi connectivity index (χ1n) is 8.89. The number of nitrogens with zero attached hydrogens (tertiary/aromatic N) is 2. The molecule has 0 radical (unpaired) electrons. The molecule has 2 aromatic rings. The summed E-state index contributed by atoms with van der Waals surface area (Å²) in [5.41, 5.74) is 6.88. The number of hydrogen-bond acceptors (Lipinski definition) is 5. The van der Waals surface area contributed by atoms with Gasteiger partial charge >= 0.3 is 0 Å². The van der Waals surface area contributed by atoms with Gasteiger partial charge in [0.2, 0.25) is 5.91 Å². The molecule has 0 bridgehead atoms. The summed E-state index contributed by atoms with van der Waals surface area (Å²) in [5.74, 6) is 1.09. The molecule has 0 aliphatic carbocycles. The molecule has 1 amide bonds. The van der Waals surface area contributed by atoms with E-state index in [9.17, 15) is 9.59 Å². The number of H-pyrrole nitrogens is 1. The molecule has 1 aliphatic rings. The molecule has 0 aromatic carbocycles. The quantitative estimate of drug-likeness (QED) is 0.871. The van der Waals surface area contributed by atoms with Gasteiger partial charge in [0.1, 0.15) is 10.7 Å². The molecule has 2 atom stereocenters. The standard InChI is InChI=1S/C18H26N4O2S/c1-10-12(3)25-18-16(10)17(24)20-14(21-18)6-7-15(23)22-8-4-5-13(9-22)11(2)19/h11,13H,4-9,19H2,1-3H3,(H,20,21,24). The number of aromatic nitrogens is 2. The molecule has 3 rings (SSSR count). The minimum Gasteiger partial charge on any atom is -0.342 e. The Labute approximate surface area is 151 Å². The zero-order chi connectivity index (χ0) is 18.1. The van der Waals surface area contributed by atoms with Crippen molar-refractivity contribution in [3.05, 3.63) is 26.6 Å². The van der Waals surface area contributed by atoms with Crippen molar-refractivity contribution < 1.29 is 4.79 Å². The fourth-order valence-corrected chi connectivity index (χ4v) is 4.52. The fourth-order valence-electron chi connectivity index (χ4n) is 3.47. The van der Waals surface area contributed by atoms with Crippen LogP contribution in [0.3, 0.4) is 0 Å². The first kappa shape index (κ1) is 18.1. The molecular weight excluding hydrogens is 336 g/mol. The van der Waals surface area contributed by atoms with E-state index in [0.717, 1.165) is 41.2 Å². The van der Waals surface area contributed by atoms with E-state index in [2.05, 4.69) is 9.97 Å². The average molecular weight is 362 g/mol. The van der Waals surface area contributed by atoms with Gasteiger partial charge in [-0.25, -0.2) is 4.98 Å². The van der Waals surface area contributed by atoms with Gasteiger partial charge in [0.25, 0.3) is 5.56 Å². The van der Waals surface area contributed by atoms with Gasteiger partial charge in [0.15, 0.2) is 0 Å². The lowest BCUT2D eigenvalue weighted by Gasteiger charge is -2.34. The second-order valence-corrected chi connectivity index (χ2v) is 8.28. The van der Waals surface area contributed by atoms with Crippen molar-refractivity contribution in [3.63, 3.8) is 0 Å². The highest BCUT2D eigenvalue weighted by Gasteiger charge is 2.25. The maximum Gasteiger partial charge on any atom is 0.259 e. The van der Waals surface area contributed by atoms with Gasteiger partial charge in [-0.15, -0.1) is 11.3 Å². The summed E-state index contributed by atoms with van der Waals surface area (Å²) >= 11 is 1.53. The number of nitrogens with one attached hydrogen (secondary N) is 1.